The third-order valence-corrected chi connectivity index (χ3v) is 7.30. The predicted octanol–water partition coefficient (Wildman–Crippen LogP) is 0.835. The van der Waals surface area contributed by atoms with Crippen LogP contribution in [0.1, 0.15) is 45.0 Å². The van der Waals surface area contributed by atoms with Gasteiger partial charge in [-0.25, -0.2) is 8.42 Å². The van der Waals surface area contributed by atoms with Crippen molar-refractivity contribution in [2.75, 3.05) is 39.4 Å². The van der Waals surface area contributed by atoms with Crippen molar-refractivity contribution >= 4 is 27.7 Å². The van der Waals surface area contributed by atoms with Crippen molar-refractivity contribution in [3.8, 4) is 0 Å². The first kappa shape index (κ1) is 27.7. The largest absolute Gasteiger partial charge is 0.379 e. The molecule has 10 nitrogen and oxygen atoms in total. The molecule has 0 aromatic heterocycles. The van der Waals surface area contributed by atoms with Crippen molar-refractivity contribution in [1.82, 2.24) is 19.8 Å². The number of morpholine rings is 1. The highest BCUT2D eigenvalue weighted by molar-refractivity contribution is 7.89. The Morgan fingerprint density at radius 3 is 2.29 bits per heavy atom. The molecule has 2 rings (SSSR count). The molecule has 0 radical (unpaired) electrons. The van der Waals surface area contributed by atoms with Crippen LogP contribution in [-0.2, 0) is 24.3 Å². The van der Waals surface area contributed by atoms with E-state index >= 15 is 0 Å². The SMILES string of the molecule is CCN(CC(=O)NC(C)C)C(=O)C(NC(=O)c1cccc(S(=O)(=O)N2CCOCC2)c1)C(C)C. The number of amides is 3. The highest BCUT2D eigenvalue weighted by Gasteiger charge is 2.31. The van der Waals surface area contributed by atoms with E-state index in [0.29, 0.717) is 19.8 Å². The Morgan fingerprint density at radius 1 is 1.09 bits per heavy atom. The minimum atomic E-state index is -3.77. The molecule has 1 aromatic rings. The monoisotopic (exact) mass is 496 g/mol. The molecule has 1 fully saturated rings. The van der Waals surface area contributed by atoms with E-state index in [1.165, 1.54) is 33.5 Å². The van der Waals surface area contributed by atoms with E-state index in [4.69, 9.17) is 4.74 Å². The second-order valence-corrected chi connectivity index (χ2v) is 10.8. The molecule has 0 spiro atoms. The van der Waals surface area contributed by atoms with Crippen LogP contribution < -0.4 is 10.6 Å². The summed E-state index contributed by atoms with van der Waals surface area (Å²) in [6.45, 7) is 10.4. The van der Waals surface area contributed by atoms with E-state index in [0.717, 1.165) is 0 Å². The Labute approximate surface area is 202 Å². The minimum absolute atomic E-state index is 0.00927. The lowest BCUT2D eigenvalue weighted by Gasteiger charge is -2.29. The van der Waals surface area contributed by atoms with Gasteiger partial charge < -0.3 is 20.3 Å². The molecule has 1 aromatic carbocycles. The van der Waals surface area contributed by atoms with Crippen LogP contribution in [0.2, 0.25) is 0 Å². The summed E-state index contributed by atoms with van der Waals surface area (Å²) in [4.78, 5) is 39.7. The Bertz CT molecular complexity index is 973. The average molecular weight is 497 g/mol. The number of carbonyl (C=O) groups is 3. The van der Waals surface area contributed by atoms with Crippen molar-refractivity contribution < 1.29 is 27.5 Å². The number of carbonyl (C=O) groups excluding carboxylic acids is 3. The van der Waals surface area contributed by atoms with E-state index in [1.54, 1.807) is 20.8 Å². The zero-order chi connectivity index (χ0) is 25.5. The lowest BCUT2D eigenvalue weighted by Crippen LogP contribution is -2.53. The first-order valence-corrected chi connectivity index (χ1v) is 13.0. The van der Waals surface area contributed by atoms with Gasteiger partial charge in [0.2, 0.25) is 21.8 Å². The van der Waals surface area contributed by atoms with Gasteiger partial charge in [-0.2, -0.15) is 4.31 Å². The first-order chi connectivity index (χ1) is 16.0. The molecular weight excluding hydrogens is 460 g/mol. The predicted molar refractivity (Wildman–Crippen MR) is 128 cm³/mol. The topological polar surface area (TPSA) is 125 Å². The van der Waals surface area contributed by atoms with Crippen molar-refractivity contribution in [2.45, 2.75) is 51.6 Å². The van der Waals surface area contributed by atoms with E-state index < -0.39 is 22.0 Å². The molecule has 190 valence electrons. The smallest absolute Gasteiger partial charge is 0.251 e. The molecule has 0 saturated carbocycles. The maximum atomic E-state index is 13.2. The standard InChI is InChI=1S/C23H36N4O6S/c1-6-26(15-20(28)24-17(4)5)23(30)21(16(2)3)25-22(29)18-8-7-9-19(14-18)34(31,32)27-10-12-33-13-11-27/h7-9,14,16-17,21H,6,10-13,15H2,1-5H3,(H,24,28)(H,25,29). The number of ether oxygens (including phenoxy) is 1. The van der Waals surface area contributed by atoms with Gasteiger partial charge in [0.25, 0.3) is 5.91 Å². The van der Waals surface area contributed by atoms with Crippen molar-refractivity contribution in [3.63, 3.8) is 0 Å². The zero-order valence-electron chi connectivity index (χ0n) is 20.5. The normalized spacial score (nSPS) is 15.7. The lowest BCUT2D eigenvalue weighted by atomic mass is 10.0. The maximum absolute atomic E-state index is 13.2. The van der Waals surface area contributed by atoms with Gasteiger partial charge in [-0.1, -0.05) is 19.9 Å². The molecule has 1 heterocycles. The molecule has 3 amide bonds. The summed E-state index contributed by atoms with van der Waals surface area (Å²) in [5.41, 5.74) is 0.133. The first-order valence-electron chi connectivity index (χ1n) is 11.5. The number of rotatable bonds is 10. The quantitative estimate of drug-likeness (QED) is 0.494. The number of hydrogen-bond acceptors (Lipinski definition) is 6. The fourth-order valence-electron chi connectivity index (χ4n) is 3.56. The van der Waals surface area contributed by atoms with Gasteiger partial charge in [-0.15, -0.1) is 0 Å². The molecule has 1 atom stereocenters. The average Bonchev–Trinajstić information content (AvgIpc) is 2.80. The summed E-state index contributed by atoms with van der Waals surface area (Å²) in [6.07, 6.45) is 0. The van der Waals surface area contributed by atoms with Gasteiger partial charge in [0.1, 0.15) is 6.04 Å². The third-order valence-electron chi connectivity index (χ3n) is 5.40. The Kier molecular flexibility index (Phi) is 10.0. The second-order valence-electron chi connectivity index (χ2n) is 8.81. The van der Waals surface area contributed by atoms with Gasteiger partial charge in [0.15, 0.2) is 0 Å². The lowest BCUT2D eigenvalue weighted by molar-refractivity contribution is -0.138. The highest BCUT2D eigenvalue weighted by Crippen LogP contribution is 2.19. The Morgan fingerprint density at radius 2 is 1.74 bits per heavy atom. The van der Waals surface area contributed by atoms with Gasteiger partial charge >= 0.3 is 0 Å². The Balaban J connectivity index is 2.18. The van der Waals surface area contributed by atoms with Crippen LogP contribution in [0.4, 0.5) is 0 Å². The van der Waals surface area contributed by atoms with Crippen molar-refractivity contribution in [2.24, 2.45) is 5.92 Å². The van der Waals surface area contributed by atoms with Gasteiger partial charge in [0.05, 0.1) is 24.7 Å². The molecule has 2 N–H and O–H groups in total. The highest BCUT2D eigenvalue weighted by atomic mass is 32.2. The molecule has 1 unspecified atom stereocenters. The van der Waals surface area contributed by atoms with Crippen LogP contribution in [0.5, 0.6) is 0 Å². The van der Waals surface area contributed by atoms with Crippen LogP contribution in [0, 0.1) is 5.92 Å². The third kappa shape index (κ3) is 7.25. The number of benzene rings is 1. The summed E-state index contributed by atoms with van der Waals surface area (Å²) in [5, 5.41) is 5.48. The van der Waals surface area contributed by atoms with Gasteiger partial charge in [0, 0.05) is 31.2 Å². The molecule has 34 heavy (non-hydrogen) atoms. The molecule has 0 aliphatic carbocycles. The van der Waals surface area contributed by atoms with Crippen LogP contribution in [0.15, 0.2) is 29.2 Å². The molecule has 1 saturated heterocycles. The summed E-state index contributed by atoms with van der Waals surface area (Å²) in [5.74, 6) is -1.46. The Hall–Kier alpha value is -2.50. The second kappa shape index (κ2) is 12.3. The number of sulfonamides is 1. The van der Waals surface area contributed by atoms with E-state index in [1.807, 2.05) is 13.8 Å². The molecule has 1 aliphatic heterocycles. The zero-order valence-corrected chi connectivity index (χ0v) is 21.4. The summed E-state index contributed by atoms with van der Waals surface area (Å²) < 4.78 is 32.4. The fraction of sp³-hybridized carbons (Fsp3) is 0.609. The minimum Gasteiger partial charge on any atom is -0.379 e. The van der Waals surface area contributed by atoms with Crippen LogP contribution >= 0.6 is 0 Å². The van der Waals surface area contributed by atoms with E-state index in [-0.39, 0.29) is 53.9 Å². The van der Waals surface area contributed by atoms with E-state index in [2.05, 4.69) is 10.6 Å². The van der Waals surface area contributed by atoms with Gasteiger partial charge in [-0.3, -0.25) is 14.4 Å². The van der Waals surface area contributed by atoms with E-state index in [9.17, 15) is 22.8 Å². The fourth-order valence-corrected chi connectivity index (χ4v) is 5.01. The van der Waals surface area contributed by atoms with Crippen LogP contribution in [0.25, 0.3) is 0 Å². The van der Waals surface area contributed by atoms with Crippen LogP contribution in [0.3, 0.4) is 0 Å². The molecule has 1 aliphatic rings. The van der Waals surface area contributed by atoms with Gasteiger partial charge in [-0.05, 0) is 44.9 Å². The van der Waals surface area contributed by atoms with Crippen molar-refractivity contribution in [3.05, 3.63) is 29.8 Å². The summed E-state index contributed by atoms with van der Waals surface area (Å²) in [7, 11) is -3.77. The molecule has 11 heteroatoms. The van der Waals surface area contributed by atoms with Crippen molar-refractivity contribution in [1.29, 1.82) is 0 Å². The molecular formula is C23H36N4O6S. The summed E-state index contributed by atoms with van der Waals surface area (Å²) in [6, 6.07) is 4.84. The van der Waals surface area contributed by atoms with Crippen LogP contribution in [-0.4, -0.2) is 86.8 Å². The number of nitrogens with zero attached hydrogens (tertiary/aromatic N) is 2. The number of nitrogens with one attached hydrogen (secondary N) is 2. The summed E-state index contributed by atoms with van der Waals surface area (Å²) >= 11 is 0. The number of likely N-dealkylation sites (N-methyl/N-ethyl adjacent to an activating group) is 1. The molecule has 0 bridgehead atoms. The maximum Gasteiger partial charge on any atom is 0.251 e. The number of hydrogen-bond donors (Lipinski definition) is 2.